The number of benzene rings is 1. The molecule has 1 aliphatic rings. The molecule has 2 amide bonds. The van der Waals surface area contributed by atoms with Gasteiger partial charge < -0.3 is 15.0 Å². The first-order valence-corrected chi connectivity index (χ1v) is 8.44. The highest BCUT2D eigenvalue weighted by Crippen LogP contribution is 2.25. The number of carbonyl (C=O) groups is 2. The van der Waals surface area contributed by atoms with E-state index in [9.17, 15) is 22.8 Å². The van der Waals surface area contributed by atoms with E-state index < -0.39 is 12.1 Å². The van der Waals surface area contributed by atoms with E-state index in [1.807, 2.05) is 32.9 Å². The predicted molar refractivity (Wildman–Crippen MR) is 89.9 cm³/mol. The first-order chi connectivity index (χ1) is 12.1. The van der Waals surface area contributed by atoms with Gasteiger partial charge in [-0.25, -0.2) is 0 Å². The maximum atomic E-state index is 12.4. The maximum Gasteiger partial charge on any atom is 0.471 e. The standard InChI is InChI=1S/C18H23F3N2O3/c1-11-4-5-12(2)16(13(11)3)26-10-15(24)22-14-6-8-23(9-7-14)17(25)18(19,20)21/h4-5,14H,6-10H2,1-3H3,(H,22,24). The van der Waals surface area contributed by atoms with Crippen molar-refractivity contribution in [1.29, 1.82) is 0 Å². The molecular formula is C18H23F3N2O3. The van der Waals surface area contributed by atoms with Gasteiger partial charge in [0.1, 0.15) is 5.75 Å². The van der Waals surface area contributed by atoms with Crippen molar-refractivity contribution in [3.8, 4) is 5.75 Å². The molecule has 0 bridgehead atoms. The summed E-state index contributed by atoms with van der Waals surface area (Å²) in [6, 6.07) is 3.64. The summed E-state index contributed by atoms with van der Waals surface area (Å²) in [5.74, 6) is -1.48. The highest BCUT2D eigenvalue weighted by molar-refractivity contribution is 5.82. The summed E-state index contributed by atoms with van der Waals surface area (Å²) in [6.07, 6.45) is -4.28. The summed E-state index contributed by atoms with van der Waals surface area (Å²) in [4.78, 5) is 24.0. The summed E-state index contributed by atoms with van der Waals surface area (Å²) in [7, 11) is 0. The third kappa shape index (κ3) is 4.89. The van der Waals surface area contributed by atoms with Gasteiger partial charge in [0.05, 0.1) is 0 Å². The molecule has 0 unspecified atom stereocenters. The number of aryl methyl sites for hydroxylation is 2. The molecule has 144 valence electrons. The van der Waals surface area contributed by atoms with Gasteiger partial charge in [-0.05, 0) is 50.3 Å². The van der Waals surface area contributed by atoms with Gasteiger partial charge in [-0.2, -0.15) is 13.2 Å². The lowest BCUT2D eigenvalue weighted by Crippen LogP contribution is -2.50. The molecular weight excluding hydrogens is 349 g/mol. The highest BCUT2D eigenvalue weighted by atomic mass is 19.4. The summed E-state index contributed by atoms with van der Waals surface area (Å²) in [5.41, 5.74) is 2.96. The molecule has 2 rings (SSSR count). The SMILES string of the molecule is Cc1ccc(C)c(OCC(=O)NC2CCN(C(=O)C(F)(F)F)CC2)c1C. The fourth-order valence-electron chi connectivity index (χ4n) is 2.96. The lowest BCUT2D eigenvalue weighted by molar-refractivity contribution is -0.186. The number of hydrogen-bond acceptors (Lipinski definition) is 3. The Morgan fingerprint density at radius 1 is 1.15 bits per heavy atom. The first kappa shape index (κ1) is 20.1. The van der Waals surface area contributed by atoms with Gasteiger partial charge in [-0.15, -0.1) is 0 Å². The Kier molecular flexibility index (Phi) is 6.15. The molecule has 1 saturated heterocycles. The average molecular weight is 372 g/mol. The number of nitrogens with zero attached hydrogens (tertiary/aromatic N) is 1. The molecule has 1 aromatic carbocycles. The van der Waals surface area contributed by atoms with Crippen molar-refractivity contribution in [3.63, 3.8) is 0 Å². The third-order valence-electron chi connectivity index (χ3n) is 4.61. The zero-order valence-corrected chi connectivity index (χ0v) is 15.1. The minimum atomic E-state index is -4.85. The van der Waals surface area contributed by atoms with E-state index in [4.69, 9.17) is 4.74 Å². The Hall–Kier alpha value is -2.25. The third-order valence-corrected chi connectivity index (χ3v) is 4.61. The number of hydrogen-bond donors (Lipinski definition) is 1. The van der Waals surface area contributed by atoms with Crippen LogP contribution in [0.15, 0.2) is 12.1 Å². The fourth-order valence-corrected chi connectivity index (χ4v) is 2.96. The van der Waals surface area contributed by atoms with E-state index in [-0.39, 0.29) is 44.5 Å². The van der Waals surface area contributed by atoms with E-state index in [0.717, 1.165) is 21.6 Å². The van der Waals surface area contributed by atoms with E-state index >= 15 is 0 Å². The maximum absolute atomic E-state index is 12.4. The van der Waals surface area contributed by atoms with Crippen LogP contribution in [0.5, 0.6) is 5.75 Å². The number of nitrogens with one attached hydrogen (secondary N) is 1. The van der Waals surface area contributed by atoms with Crippen LogP contribution in [0.3, 0.4) is 0 Å². The van der Waals surface area contributed by atoms with Crippen LogP contribution in [0.25, 0.3) is 0 Å². The average Bonchev–Trinajstić information content (AvgIpc) is 2.57. The van der Waals surface area contributed by atoms with Crippen LogP contribution in [0.2, 0.25) is 0 Å². The van der Waals surface area contributed by atoms with Crippen molar-refractivity contribution < 1.29 is 27.5 Å². The minimum Gasteiger partial charge on any atom is -0.483 e. The van der Waals surface area contributed by atoms with Crippen molar-refractivity contribution >= 4 is 11.8 Å². The van der Waals surface area contributed by atoms with E-state index in [2.05, 4.69) is 5.32 Å². The molecule has 8 heteroatoms. The molecule has 0 aromatic heterocycles. The van der Waals surface area contributed by atoms with Gasteiger partial charge in [-0.3, -0.25) is 9.59 Å². The lowest BCUT2D eigenvalue weighted by atomic mass is 10.0. The smallest absolute Gasteiger partial charge is 0.471 e. The molecule has 0 saturated carbocycles. The molecule has 26 heavy (non-hydrogen) atoms. The molecule has 0 radical (unpaired) electrons. The van der Waals surface area contributed by atoms with Crippen molar-refractivity contribution in [1.82, 2.24) is 10.2 Å². The number of carbonyl (C=O) groups excluding carboxylic acids is 2. The molecule has 0 atom stereocenters. The Morgan fingerprint density at radius 2 is 1.73 bits per heavy atom. The normalized spacial score (nSPS) is 15.7. The van der Waals surface area contributed by atoms with Crippen LogP contribution >= 0.6 is 0 Å². The molecule has 1 N–H and O–H groups in total. The van der Waals surface area contributed by atoms with Crippen LogP contribution in [-0.2, 0) is 9.59 Å². The van der Waals surface area contributed by atoms with Gasteiger partial charge in [0.2, 0.25) is 0 Å². The van der Waals surface area contributed by atoms with Gasteiger partial charge in [0.15, 0.2) is 6.61 Å². The van der Waals surface area contributed by atoms with Crippen LogP contribution in [0, 0.1) is 20.8 Å². The molecule has 1 fully saturated rings. The second kappa shape index (κ2) is 7.97. The molecule has 1 heterocycles. The zero-order valence-electron chi connectivity index (χ0n) is 15.1. The number of likely N-dealkylation sites (tertiary alicyclic amines) is 1. The van der Waals surface area contributed by atoms with Crippen molar-refractivity contribution in [2.24, 2.45) is 0 Å². The molecule has 5 nitrogen and oxygen atoms in total. The highest BCUT2D eigenvalue weighted by Gasteiger charge is 2.43. The van der Waals surface area contributed by atoms with E-state index in [1.165, 1.54) is 0 Å². The summed E-state index contributed by atoms with van der Waals surface area (Å²) < 4.78 is 42.9. The fraction of sp³-hybridized carbons (Fsp3) is 0.556. The Bertz CT molecular complexity index is 681. The second-order valence-electron chi connectivity index (χ2n) is 6.57. The molecule has 0 spiro atoms. The quantitative estimate of drug-likeness (QED) is 0.884. The number of alkyl halides is 3. The molecule has 1 aromatic rings. The van der Waals surface area contributed by atoms with Crippen LogP contribution < -0.4 is 10.1 Å². The Labute approximate surface area is 150 Å². The van der Waals surface area contributed by atoms with Crippen LogP contribution in [0.1, 0.15) is 29.5 Å². The Morgan fingerprint density at radius 3 is 2.31 bits per heavy atom. The number of ether oxygens (including phenoxy) is 1. The number of amides is 2. The van der Waals surface area contributed by atoms with Crippen molar-refractivity contribution in [2.45, 2.75) is 45.8 Å². The summed E-state index contributed by atoms with van der Waals surface area (Å²) in [6.45, 7) is 5.56. The Balaban J connectivity index is 1.82. The second-order valence-corrected chi connectivity index (χ2v) is 6.57. The van der Waals surface area contributed by atoms with Gasteiger partial charge in [0.25, 0.3) is 5.91 Å². The zero-order chi connectivity index (χ0) is 19.5. The largest absolute Gasteiger partial charge is 0.483 e. The topological polar surface area (TPSA) is 58.6 Å². The molecule has 0 aliphatic carbocycles. The van der Waals surface area contributed by atoms with Crippen molar-refractivity contribution in [3.05, 3.63) is 28.8 Å². The van der Waals surface area contributed by atoms with E-state index in [1.54, 1.807) is 0 Å². The summed E-state index contributed by atoms with van der Waals surface area (Å²) >= 11 is 0. The minimum absolute atomic E-state index is 0.0275. The van der Waals surface area contributed by atoms with Gasteiger partial charge >= 0.3 is 12.1 Å². The molecule has 1 aliphatic heterocycles. The predicted octanol–water partition coefficient (Wildman–Crippen LogP) is 2.66. The lowest BCUT2D eigenvalue weighted by Gasteiger charge is -2.32. The first-order valence-electron chi connectivity index (χ1n) is 8.44. The monoisotopic (exact) mass is 372 g/mol. The summed E-state index contributed by atoms with van der Waals surface area (Å²) in [5, 5.41) is 2.76. The van der Waals surface area contributed by atoms with Gasteiger partial charge in [0, 0.05) is 19.1 Å². The van der Waals surface area contributed by atoms with Gasteiger partial charge in [-0.1, -0.05) is 12.1 Å². The number of rotatable bonds is 4. The van der Waals surface area contributed by atoms with Crippen LogP contribution in [-0.4, -0.2) is 48.6 Å². The number of piperidine rings is 1. The van der Waals surface area contributed by atoms with Crippen LogP contribution in [0.4, 0.5) is 13.2 Å². The number of halogens is 3. The van der Waals surface area contributed by atoms with E-state index in [0.29, 0.717) is 5.75 Å². The van der Waals surface area contributed by atoms with Crippen molar-refractivity contribution in [2.75, 3.05) is 19.7 Å².